The first-order valence-electron chi connectivity index (χ1n) is 5.74. The maximum atomic E-state index is 12.2. The van der Waals surface area contributed by atoms with Crippen LogP contribution >= 0.6 is 11.3 Å². The number of nitrogens with zero attached hydrogens (tertiary/aromatic N) is 1. The molecule has 0 saturated heterocycles. The molecule has 0 aliphatic heterocycles. The summed E-state index contributed by atoms with van der Waals surface area (Å²) >= 11 is 1.52. The quantitative estimate of drug-likeness (QED) is 0.737. The second kappa shape index (κ2) is 6.11. The number of Topliss-reactive ketones (excluding diaryl/α,β-unsaturated/α-hetero) is 1. The maximum absolute atomic E-state index is 12.2. The predicted octanol–water partition coefficient (Wildman–Crippen LogP) is 2.85. The molecule has 0 aliphatic carbocycles. The molecule has 1 aromatic rings. The largest absolute Gasteiger partial charge is 0.368 e. The molecule has 0 atom stereocenters. The molecule has 0 bridgehead atoms. The average molecular weight is 241 g/mol. The van der Waals surface area contributed by atoms with Gasteiger partial charge in [-0.2, -0.15) is 0 Å². The van der Waals surface area contributed by atoms with E-state index in [1.165, 1.54) is 11.3 Å². The fraction of sp³-hybridized carbons (Fsp3) is 0.667. The zero-order valence-electron chi connectivity index (χ0n) is 10.2. The lowest BCUT2D eigenvalue weighted by molar-refractivity contribution is -0.144. The van der Waals surface area contributed by atoms with Gasteiger partial charge in [0.1, 0.15) is 5.60 Å². The third kappa shape index (κ3) is 2.89. The van der Waals surface area contributed by atoms with E-state index in [0.717, 1.165) is 17.8 Å². The van der Waals surface area contributed by atoms with Gasteiger partial charge >= 0.3 is 0 Å². The lowest BCUT2D eigenvalue weighted by Crippen LogP contribution is -2.41. The Hall–Kier alpha value is -0.740. The lowest BCUT2D eigenvalue weighted by Gasteiger charge is -2.29. The van der Waals surface area contributed by atoms with E-state index in [0.29, 0.717) is 13.0 Å². The van der Waals surface area contributed by atoms with Gasteiger partial charge < -0.3 is 4.74 Å². The molecule has 1 heterocycles. The maximum Gasteiger partial charge on any atom is 0.171 e. The van der Waals surface area contributed by atoms with Gasteiger partial charge in [0.2, 0.25) is 0 Å². The normalized spacial score (nSPS) is 11.7. The van der Waals surface area contributed by atoms with E-state index in [2.05, 4.69) is 4.98 Å². The smallest absolute Gasteiger partial charge is 0.171 e. The summed E-state index contributed by atoms with van der Waals surface area (Å²) in [5.74, 6) is 0.148. The van der Waals surface area contributed by atoms with Gasteiger partial charge in [-0.1, -0.05) is 13.8 Å². The van der Waals surface area contributed by atoms with E-state index >= 15 is 0 Å². The highest BCUT2D eigenvalue weighted by molar-refractivity contribution is 7.09. The van der Waals surface area contributed by atoms with Crippen molar-refractivity contribution in [1.82, 2.24) is 4.98 Å². The minimum absolute atomic E-state index is 0.148. The molecular weight excluding hydrogens is 222 g/mol. The SMILES string of the molecule is CCOC(CC)(CC)C(=O)Cc1nccs1. The zero-order valence-corrected chi connectivity index (χ0v) is 11.0. The van der Waals surface area contributed by atoms with Crippen molar-refractivity contribution in [2.45, 2.75) is 45.6 Å². The molecular formula is C12H19NO2S. The standard InChI is InChI=1S/C12H19NO2S/c1-4-12(5-2,15-6-3)10(14)9-11-13-7-8-16-11/h7-8H,4-6,9H2,1-3H3. The van der Waals surface area contributed by atoms with Crippen LogP contribution in [0.25, 0.3) is 0 Å². The molecule has 0 aromatic carbocycles. The van der Waals surface area contributed by atoms with Gasteiger partial charge in [0.15, 0.2) is 5.78 Å². The summed E-state index contributed by atoms with van der Waals surface area (Å²) in [6.45, 7) is 6.50. The summed E-state index contributed by atoms with van der Waals surface area (Å²) in [4.78, 5) is 16.4. The van der Waals surface area contributed by atoms with E-state index in [1.54, 1.807) is 6.20 Å². The second-order valence-corrected chi connectivity index (χ2v) is 4.64. The van der Waals surface area contributed by atoms with E-state index in [9.17, 15) is 4.79 Å². The number of carbonyl (C=O) groups is 1. The molecule has 4 heteroatoms. The topological polar surface area (TPSA) is 39.2 Å². The number of ether oxygens (including phenoxy) is 1. The van der Waals surface area contributed by atoms with Gasteiger partial charge in [-0.25, -0.2) is 4.98 Å². The summed E-state index contributed by atoms with van der Waals surface area (Å²) in [5.41, 5.74) is -0.611. The minimum Gasteiger partial charge on any atom is -0.368 e. The van der Waals surface area contributed by atoms with Gasteiger partial charge in [-0.3, -0.25) is 4.79 Å². The van der Waals surface area contributed by atoms with Crippen LogP contribution in [-0.2, 0) is 16.0 Å². The molecule has 0 radical (unpaired) electrons. The molecule has 0 amide bonds. The number of carbonyl (C=O) groups excluding carboxylic acids is 1. The Morgan fingerprint density at radius 2 is 2.12 bits per heavy atom. The Labute approximate surface area is 101 Å². The molecule has 1 aromatic heterocycles. The van der Waals surface area contributed by atoms with Crippen LogP contribution in [0.2, 0.25) is 0 Å². The number of rotatable bonds is 7. The van der Waals surface area contributed by atoms with Gasteiger partial charge in [0, 0.05) is 18.2 Å². The average Bonchev–Trinajstić information content (AvgIpc) is 2.78. The van der Waals surface area contributed by atoms with E-state index in [4.69, 9.17) is 4.74 Å². The molecule has 3 nitrogen and oxygen atoms in total. The van der Waals surface area contributed by atoms with Crippen molar-refractivity contribution in [2.24, 2.45) is 0 Å². The Morgan fingerprint density at radius 1 is 1.44 bits per heavy atom. The molecule has 90 valence electrons. The summed E-state index contributed by atoms with van der Waals surface area (Å²) in [6.07, 6.45) is 3.57. The lowest BCUT2D eigenvalue weighted by atomic mass is 9.90. The molecule has 0 unspecified atom stereocenters. The van der Waals surface area contributed by atoms with E-state index in [1.807, 2.05) is 26.2 Å². The first-order valence-corrected chi connectivity index (χ1v) is 6.62. The first-order chi connectivity index (χ1) is 7.68. The number of aromatic nitrogens is 1. The fourth-order valence-electron chi connectivity index (χ4n) is 1.84. The van der Waals surface area contributed by atoms with Gasteiger partial charge in [0.05, 0.1) is 11.4 Å². The van der Waals surface area contributed by atoms with Crippen LogP contribution < -0.4 is 0 Å². The van der Waals surface area contributed by atoms with Crippen LogP contribution in [0.3, 0.4) is 0 Å². The van der Waals surface area contributed by atoms with Crippen molar-refractivity contribution in [2.75, 3.05) is 6.61 Å². The van der Waals surface area contributed by atoms with Gasteiger partial charge in [-0.05, 0) is 19.8 Å². The summed E-state index contributed by atoms with van der Waals surface area (Å²) in [6, 6.07) is 0. The zero-order chi connectivity index (χ0) is 12.0. The van der Waals surface area contributed by atoms with Crippen LogP contribution in [0.5, 0.6) is 0 Å². The van der Waals surface area contributed by atoms with Crippen molar-refractivity contribution >= 4 is 17.1 Å². The predicted molar refractivity (Wildman–Crippen MR) is 65.8 cm³/mol. The third-order valence-electron chi connectivity index (χ3n) is 2.87. The highest BCUT2D eigenvalue weighted by Crippen LogP contribution is 2.24. The van der Waals surface area contributed by atoms with E-state index in [-0.39, 0.29) is 5.78 Å². The van der Waals surface area contributed by atoms with Crippen molar-refractivity contribution in [3.63, 3.8) is 0 Å². The summed E-state index contributed by atoms with van der Waals surface area (Å²) in [5, 5.41) is 2.76. The van der Waals surface area contributed by atoms with Crippen LogP contribution in [-0.4, -0.2) is 23.0 Å². The summed E-state index contributed by atoms with van der Waals surface area (Å²) in [7, 11) is 0. The van der Waals surface area contributed by atoms with Crippen LogP contribution in [0.4, 0.5) is 0 Å². The van der Waals surface area contributed by atoms with Gasteiger partial charge in [0.25, 0.3) is 0 Å². The van der Waals surface area contributed by atoms with Crippen molar-refractivity contribution < 1.29 is 9.53 Å². The number of ketones is 1. The number of thiazole rings is 1. The summed E-state index contributed by atoms with van der Waals surface area (Å²) < 4.78 is 5.67. The van der Waals surface area contributed by atoms with Crippen molar-refractivity contribution in [1.29, 1.82) is 0 Å². The second-order valence-electron chi connectivity index (χ2n) is 3.66. The van der Waals surface area contributed by atoms with Crippen LogP contribution in [0.1, 0.15) is 38.6 Å². The molecule has 0 aliphatic rings. The Bertz CT molecular complexity index is 318. The first kappa shape index (κ1) is 13.3. The molecule has 0 saturated carbocycles. The Morgan fingerprint density at radius 3 is 2.56 bits per heavy atom. The Kier molecular flexibility index (Phi) is 5.09. The number of hydrogen-bond donors (Lipinski definition) is 0. The monoisotopic (exact) mass is 241 g/mol. The molecule has 0 spiro atoms. The molecule has 16 heavy (non-hydrogen) atoms. The third-order valence-corrected chi connectivity index (χ3v) is 3.65. The van der Waals surface area contributed by atoms with E-state index < -0.39 is 5.60 Å². The van der Waals surface area contributed by atoms with Crippen molar-refractivity contribution in [3.8, 4) is 0 Å². The van der Waals surface area contributed by atoms with Crippen molar-refractivity contribution in [3.05, 3.63) is 16.6 Å². The molecule has 0 fully saturated rings. The Balaban J connectivity index is 2.74. The number of hydrogen-bond acceptors (Lipinski definition) is 4. The van der Waals surface area contributed by atoms with Gasteiger partial charge in [-0.15, -0.1) is 11.3 Å². The fourth-order valence-corrected chi connectivity index (χ4v) is 2.46. The highest BCUT2D eigenvalue weighted by Gasteiger charge is 2.35. The minimum atomic E-state index is -0.611. The van der Waals surface area contributed by atoms with Crippen LogP contribution in [0.15, 0.2) is 11.6 Å². The highest BCUT2D eigenvalue weighted by atomic mass is 32.1. The molecule has 1 rings (SSSR count). The van der Waals surface area contributed by atoms with Crippen LogP contribution in [0, 0.1) is 0 Å². The molecule has 0 N–H and O–H groups in total.